The van der Waals surface area contributed by atoms with E-state index in [1.54, 1.807) is 5.38 Å². The number of aromatic nitrogens is 1. The van der Waals surface area contributed by atoms with E-state index in [1.807, 2.05) is 0 Å². The second kappa shape index (κ2) is 6.56. The maximum atomic E-state index is 10.8. The molecule has 0 aromatic carbocycles. The maximum Gasteiger partial charge on any atom is 0.268 e. The van der Waals surface area contributed by atoms with E-state index in [-0.39, 0.29) is 0 Å². The van der Waals surface area contributed by atoms with Gasteiger partial charge in [-0.15, -0.1) is 11.3 Å². The fourth-order valence-corrected chi connectivity index (χ4v) is 2.25. The van der Waals surface area contributed by atoms with Crippen LogP contribution in [0.15, 0.2) is 5.38 Å². The highest BCUT2D eigenvalue weighted by atomic mass is 32.1. The summed E-state index contributed by atoms with van der Waals surface area (Å²) in [6.45, 7) is 2.21. The molecule has 4 heteroatoms. The number of nitrogens with zero attached hydrogens (tertiary/aromatic N) is 1. The average molecular weight is 226 g/mol. The third-order valence-corrected chi connectivity index (χ3v) is 3.21. The number of carbonyl (C=O) groups is 1. The first kappa shape index (κ1) is 12.2. The molecule has 0 saturated heterocycles. The number of amides is 1. The molecule has 0 saturated carbocycles. The predicted octanol–water partition coefficient (Wildman–Crippen LogP) is 2.75. The van der Waals surface area contributed by atoms with Gasteiger partial charge in [0.2, 0.25) is 0 Å². The smallest absolute Gasteiger partial charge is 0.268 e. The quantitative estimate of drug-likeness (QED) is 0.727. The standard InChI is InChI=1S/C11H18N2OS/c1-2-3-4-5-6-7-10-13-9(8-15-10)11(12)14/h8H,2-7H2,1H3,(H2,12,14). The Kier molecular flexibility index (Phi) is 5.32. The molecule has 15 heavy (non-hydrogen) atoms. The summed E-state index contributed by atoms with van der Waals surface area (Å²) >= 11 is 1.53. The molecule has 3 nitrogen and oxygen atoms in total. The SMILES string of the molecule is CCCCCCCc1nc(C(N)=O)cs1. The molecule has 0 radical (unpaired) electrons. The van der Waals surface area contributed by atoms with E-state index in [2.05, 4.69) is 11.9 Å². The average Bonchev–Trinajstić information content (AvgIpc) is 2.66. The highest BCUT2D eigenvalue weighted by Crippen LogP contribution is 2.13. The molecule has 0 aliphatic heterocycles. The van der Waals surface area contributed by atoms with Gasteiger partial charge in [0.05, 0.1) is 5.01 Å². The number of thiazole rings is 1. The lowest BCUT2D eigenvalue weighted by Gasteiger charge is -1.97. The molecule has 0 fully saturated rings. The van der Waals surface area contributed by atoms with Crippen LogP contribution in [-0.4, -0.2) is 10.9 Å². The Morgan fingerprint density at radius 1 is 1.40 bits per heavy atom. The van der Waals surface area contributed by atoms with Crippen LogP contribution in [-0.2, 0) is 6.42 Å². The Balaban J connectivity index is 2.23. The van der Waals surface area contributed by atoms with Crippen molar-refractivity contribution in [2.75, 3.05) is 0 Å². The van der Waals surface area contributed by atoms with Gasteiger partial charge in [-0.1, -0.05) is 32.6 Å². The van der Waals surface area contributed by atoms with Crippen LogP contribution in [0.5, 0.6) is 0 Å². The zero-order chi connectivity index (χ0) is 11.1. The van der Waals surface area contributed by atoms with Crippen LogP contribution in [0.4, 0.5) is 0 Å². The molecule has 0 unspecified atom stereocenters. The number of nitrogens with two attached hydrogens (primary N) is 1. The first-order chi connectivity index (χ1) is 7.24. The van der Waals surface area contributed by atoms with Gasteiger partial charge in [-0.2, -0.15) is 0 Å². The molecule has 0 aliphatic carbocycles. The van der Waals surface area contributed by atoms with Crippen molar-refractivity contribution >= 4 is 17.2 Å². The van der Waals surface area contributed by atoms with Gasteiger partial charge in [-0.05, 0) is 12.8 Å². The summed E-state index contributed by atoms with van der Waals surface area (Å²) < 4.78 is 0. The molecule has 0 spiro atoms. The van der Waals surface area contributed by atoms with E-state index in [4.69, 9.17) is 5.73 Å². The number of rotatable bonds is 7. The summed E-state index contributed by atoms with van der Waals surface area (Å²) in [4.78, 5) is 15.0. The van der Waals surface area contributed by atoms with Gasteiger partial charge in [0.15, 0.2) is 0 Å². The van der Waals surface area contributed by atoms with E-state index >= 15 is 0 Å². The molecule has 1 aromatic rings. The molecule has 0 bridgehead atoms. The van der Waals surface area contributed by atoms with Crippen molar-refractivity contribution < 1.29 is 4.79 Å². The lowest BCUT2D eigenvalue weighted by atomic mass is 10.1. The van der Waals surface area contributed by atoms with Gasteiger partial charge in [0.1, 0.15) is 5.69 Å². The van der Waals surface area contributed by atoms with Crippen molar-refractivity contribution in [3.63, 3.8) is 0 Å². The Hall–Kier alpha value is -0.900. The van der Waals surface area contributed by atoms with Crippen LogP contribution in [0.3, 0.4) is 0 Å². The second-order valence-corrected chi connectivity index (χ2v) is 4.60. The van der Waals surface area contributed by atoms with Crippen LogP contribution >= 0.6 is 11.3 Å². The van der Waals surface area contributed by atoms with Crippen LogP contribution in [0, 0.1) is 0 Å². The van der Waals surface area contributed by atoms with Crippen molar-refractivity contribution in [3.8, 4) is 0 Å². The fourth-order valence-electron chi connectivity index (χ4n) is 1.42. The van der Waals surface area contributed by atoms with E-state index in [0.29, 0.717) is 5.69 Å². The molecule has 0 aliphatic rings. The van der Waals surface area contributed by atoms with E-state index in [0.717, 1.165) is 17.8 Å². The first-order valence-corrected chi connectivity index (χ1v) is 6.36. The molecule has 1 rings (SSSR count). The van der Waals surface area contributed by atoms with Crippen LogP contribution in [0.2, 0.25) is 0 Å². The van der Waals surface area contributed by atoms with Crippen LogP contribution in [0.1, 0.15) is 54.5 Å². The van der Waals surface area contributed by atoms with Crippen molar-refractivity contribution in [1.82, 2.24) is 4.98 Å². The molecule has 2 N–H and O–H groups in total. The first-order valence-electron chi connectivity index (χ1n) is 5.48. The number of hydrogen-bond donors (Lipinski definition) is 1. The fraction of sp³-hybridized carbons (Fsp3) is 0.636. The lowest BCUT2D eigenvalue weighted by Crippen LogP contribution is -2.11. The Labute approximate surface area is 94.7 Å². The van der Waals surface area contributed by atoms with Crippen molar-refractivity contribution in [1.29, 1.82) is 0 Å². The van der Waals surface area contributed by atoms with Gasteiger partial charge in [0.25, 0.3) is 5.91 Å². The van der Waals surface area contributed by atoms with Gasteiger partial charge in [-0.3, -0.25) is 4.79 Å². The van der Waals surface area contributed by atoms with Gasteiger partial charge >= 0.3 is 0 Å². The molecule has 0 atom stereocenters. The number of carbonyl (C=O) groups excluding carboxylic acids is 1. The summed E-state index contributed by atoms with van der Waals surface area (Å²) in [7, 11) is 0. The van der Waals surface area contributed by atoms with E-state index < -0.39 is 5.91 Å². The Morgan fingerprint density at radius 2 is 2.13 bits per heavy atom. The summed E-state index contributed by atoms with van der Waals surface area (Å²) in [5.74, 6) is -0.427. The summed E-state index contributed by atoms with van der Waals surface area (Å²) in [5.41, 5.74) is 5.53. The number of aryl methyl sites for hydroxylation is 1. The Morgan fingerprint density at radius 3 is 2.73 bits per heavy atom. The largest absolute Gasteiger partial charge is 0.364 e. The van der Waals surface area contributed by atoms with E-state index in [1.165, 1.54) is 37.0 Å². The van der Waals surface area contributed by atoms with Gasteiger partial charge < -0.3 is 5.73 Å². The minimum absolute atomic E-state index is 0.406. The molecule has 1 heterocycles. The van der Waals surface area contributed by atoms with Gasteiger partial charge in [-0.25, -0.2) is 4.98 Å². The number of unbranched alkanes of at least 4 members (excludes halogenated alkanes) is 4. The van der Waals surface area contributed by atoms with Crippen molar-refractivity contribution in [2.24, 2.45) is 5.73 Å². The molecular formula is C11H18N2OS. The molecular weight excluding hydrogens is 208 g/mol. The van der Waals surface area contributed by atoms with Crippen LogP contribution < -0.4 is 5.73 Å². The topological polar surface area (TPSA) is 56.0 Å². The predicted molar refractivity (Wildman–Crippen MR) is 63.1 cm³/mol. The monoisotopic (exact) mass is 226 g/mol. The summed E-state index contributed by atoms with van der Waals surface area (Å²) in [6.07, 6.45) is 7.25. The highest BCUT2D eigenvalue weighted by Gasteiger charge is 2.05. The lowest BCUT2D eigenvalue weighted by molar-refractivity contribution is 0.0996. The van der Waals surface area contributed by atoms with E-state index in [9.17, 15) is 4.79 Å². The minimum atomic E-state index is -0.427. The Bertz CT molecular complexity index is 309. The normalized spacial score (nSPS) is 10.5. The van der Waals surface area contributed by atoms with Crippen molar-refractivity contribution in [3.05, 3.63) is 16.1 Å². The molecule has 1 aromatic heterocycles. The van der Waals surface area contributed by atoms with Crippen LogP contribution in [0.25, 0.3) is 0 Å². The number of primary amides is 1. The third kappa shape index (κ3) is 4.42. The minimum Gasteiger partial charge on any atom is -0.364 e. The highest BCUT2D eigenvalue weighted by molar-refractivity contribution is 7.09. The number of hydrogen-bond acceptors (Lipinski definition) is 3. The van der Waals surface area contributed by atoms with Gasteiger partial charge in [0, 0.05) is 5.38 Å². The third-order valence-electron chi connectivity index (χ3n) is 2.30. The zero-order valence-electron chi connectivity index (χ0n) is 9.16. The van der Waals surface area contributed by atoms with Crippen molar-refractivity contribution in [2.45, 2.75) is 45.4 Å². The molecule has 84 valence electrons. The summed E-state index contributed by atoms with van der Waals surface area (Å²) in [6, 6.07) is 0. The molecule has 1 amide bonds. The zero-order valence-corrected chi connectivity index (χ0v) is 9.98. The second-order valence-electron chi connectivity index (χ2n) is 3.65. The maximum absolute atomic E-state index is 10.8. The summed E-state index contributed by atoms with van der Waals surface area (Å²) in [5, 5.41) is 2.77.